The summed E-state index contributed by atoms with van der Waals surface area (Å²) < 4.78 is 0.826. The van der Waals surface area contributed by atoms with Gasteiger partial charge in [-0.3, -0.25) is 14.5 Å². The third-order valence-electron chi connectivity index (χ3n) is 4.28. The first-order chi connectivity index (χ1) is 10.2. The van der Waals surface area contributed by atoms with Gasteiger partial charge in [0.05, 0.1) is 11.1 Å². The standard InChI is InChI=1S/C16H19BrN2O2/c17-11-6-7-13-14(10-11)16(21)19(15(13)20)9-3-8-18-12-4-1-2-5-12/h6-7,10,12,18H,1-5,8-9H2. The van der Waals surface area contributed by atoms with Crippen molar-refractivity contribution in [2.24, 2.45) is 0 Å². The number of carbonyl (C=O) groups is 2. The number of nitrogens with one attached hydrogen (secondary N) is 1. The smallest absolute Gasteiger partial charge is 0.261 e. The van der Waals surface area contributed by atoms with Gasteiger partial charge < -0.3 is 5.32 Å². The van der Waals surface area contributed by atoms with E-state index in [0.717, 1.165) is 17.4 Å². The zero-order valence-corrected chi connectivity index (χ0v) is 13.5. The van der Waals surface area contributed by atoms with Crippen LogP contribution in [-0.4, -0.2) is 35.8 Å². The molecular weight excluding hydrogens is 332 g/mol. The van der Waals surface area contributed by atoms with Gasteiger partial charge in [0.1, 0.15) is 0 Å². The van der Waals surface area contributed by atoms with Crippen LogP contribution in [-0.2, 0) is 0 Å². The lowest BCUT2D eigenvalue weighted by molar-refractivity contribution is 0.0652. The van der Waals surface area contributed by atoms with Crippen molar-refractivity contribution in [2.75, 3.05) is 13.1 Å². The molecule has 1 heterocycles. The second-order valence-corrected chi connectivity index (χ2v) is 6.66. The summed E-state index contributed by atoms with van der Waals surface area (Å²) in [5, 5.41) is 3.51. The molecule has 1 saturated carbocycles. The summed E-state index contributed by atoms with van der Waals surface area (Å²) >= 11 is 3.34. The summed E-state index contributed by atoms with van der Waals surface area (Å²) in [7, 11) is 0. The van der Waals surface area contributed by atoms with Gasteiger partial charge in [0.2, 0.25) is 0 Å². The lowest BCUT2D eigenvalue weighted by Crippen LogP contribution is -2.34. The summed E-state index contributed by atoms with van der Waals surface area (Å²) in [4.78, 5) is 25.9. The highest BCUT2D eigenvalue weighted by Crippen LogP contribution is 2.26. The molecule has 4 nitrogen and oxygen atoms in total. The van der Waals surface area contributed by atoms with Gasteiger partial charge in [-0.1, -0.05) is 28.8 Å². The van der Waals surface area contributed by atoms with Crippen molar-refractivity contribution in [2.45, 2.75) is 38.1 Å². The fourth-order valence-electron chi connectivity index (χ4n) is 3.14. The van der Waals surface area contributed by atoms with E-state index in [-0.39, 0.29) is 11.8 Å². The van der Waals surface area contributed by atoms with Gasteiger partial charge in [-0.05, 0) is 44.0 Å². The maximum Gasteiger partial charge on any atom is 0.261 e. The van der Waals surface area contributed by atoms with E-state index >= 15 is 0 Å². The molecule has 0 unspecified atom stereocenters. The molecule has 2 aliphatic rings. The van der Waals surface area contributed by atoms with Crippen LogP contribution in [0.2, 0.25) is 0 Å². The molecular formula is C16H19BrN2O2. The van der Waals surface area contributed by atoms with Gasteiger partial charge in [-0.2, -0.15) is 0 Å². The largest absolute Gasteiger partial charge is 0.314 e. The molecule has 1 aliphatic carbocycles. The van der Waals surface area contributed by atoms with Crippen LogP contribution in [0.1, 0.15) is 52.8 Å². The van der Waals surface area contributed by atoms with E-state index in [1.807, 2.05) is 0 Å². The monoisotopic (exact) mass is 350 g/mol. The van der Waals surface area contributed by atoms with E-state index in [0.29, 0.717) is 23.7 Å². The number of amides is 2. The van der Waals surface area contributed by atoms with E-state index in [1.54, 1.807) is 18.2 Å². The lowest BCUT2D eigenvalue weighted by Gasteiger charge is -2.15. The normalized spacial score (nSPS) is 18.6. The van der Waals surface area contributed by atoms with Crippen LogP contribution < -0.4 is 5.32 Å². The van der Waals surface area contributed by atoms with Crippen molar-refractivity contribution >= 4 is 27.7 Å². The fraction of sp³-hybridized carbons (Fsp3) is 0.500. The molecule has 0 aromatic heterocycles. The van der Waals surface area contributed by atoms with Gasteiger partial charge in [0.15, 0.2) is 0 Å². The molecule has 0 radical (unpaired) electrons. The molecule has 21 heavy (non-hydrogen) atoms. The molecule has 2 amide bonds. The van der Waals surface area contributed by atoms with E-state index in [9.17, 15) is 9.59 Å². The van der Waals surface area contributed by atoms with Crippen LogP contribution in [0.3, 0.4) is 0 Å². The SMILES string of the molecule is O=C1c2ccc(Br)cc2C(=O)N1CCCNC1CCCC1. The van der Waals surface area contributed by atoms with E-state index < -0.39 is 0 Å². The third-order valence-corrected chi connectivity index (χ3v) is 4.77. The average molecular weight is 351 g/mol. The Bertz CT molecular complexity index is 567. The first-order valence-electron chi connectivity index (χ1n) is 7.56. The summed E-state index contributed by atoms with van der Waals surface area (Å²) in [6.45, 7) is 1.35. The maximum absolute atomic E-state index is 12.3. The molecule has 1 N–H and O–H groups in total. The van der Waals surface area contributed by atoms with Gasteiger partial charge in [-0.15, -0.1) is 0 Å². The molecule has 1 fully saturated rings. The number of fused-ring (bicyclic) bond motifs is 1. The summed E-state index contributed by atoms with van der Waals surface area (Å²) in [5.41, 5.74) is 1.03. The Morgan fingerprint density at radius 3 is 2.62 bits per heavy atom. The molecule has 112 valence electrons. The molecule has 0 bridgehead atoms. The third kappa shape index (κ3) is 3.04. The van der Waals surface area contributed by atoms with Crippen molar-refractivity contribution < 1.29 is 9.59 Å². The summed E-state index contributed by atoms with van der Waals surface area (Å²) in [6, 6.07) is 5.88. The minimum Gasteiger partial charge on any atom is -0.314 e. The number of imide groups is 1. The number of hydrogen-bond acceptors (Lipinski definition) is 3. The molecule has 0 spiro atoms. The van der Waals surface area contributed by atoms with Crippen LogP contribution >= 0.6 is 15.9 Å². The van der Waals surface area contributed by atoms with Crippen LogP contribution in [0, 0.1) is 0 Å². The number of nitrogens with zero attached hydrogens (tertiary/aromatic N) is 1. The summed E-state index contributed by atoms with van der Waals surface area (Å²) in [5.74, 6) is -0.333. The molecule has 3 rings (SSSR count). The quantitative estimate of drug-likeness (QED) is 0.656. The molecule has 0 atom stereocenters. The van der Waals surface area contributed by atoms with Crippen molar-refractivity contribution in [3.05, 3.63) is 33.8 Å². The Morgan fingerprint density at radius 1 is 1.14 bits per heavy atom. The Hall–Kier alpha value is -1.20. The van der Waals surface area contributed by atoms with Gasteiger partial charge in [-0.25, -0.2) is 0 Å². The highest BCUT2D eigenvalue weighted by Gasteiger charge is 2.34. The molecule has 1 aliphatic heterocycles. The van der Waals surface area contributed by atoms with E-state index in [1.165, 1.54) is 30.6 Å². The van der Waals surface area contributed by atoms with Crippen molar-refractivity contribution in [3.8, 4) is 0 Å². The highest BCUT2D eigenvalue weighted by atomic mass is 79.9. The lowest BCUT2D eigenvalue weighted by atomic mass is 10.1. The molecule has 0 saturated heterocycles. The maximum atomic E-state index is 12.3. The van der Waals surface area contributed by atoms with Crippen molar-refractivity contribution in [1.29, 1.82) is 0 Å². The highest BCUT2D eigenvalue weighted by molar-refractivity contribution is 9.10. The minimum absolute atomic E-state index is 0.164. The average Bonchev–Trinajstić information content (AvgIpc) is 3.06. The Labute approximate surface area is 133 Å². The van der Waals surface area contributed by atoms with Gasteiger partial charge in [0.25, 0.3) is 11.8 Å². The van der Waals surface area contributed by atoms with Crippen molar-refractivity contribution in [3.63, 3.8) is 0 Å². The number of carbonyl (C=O) groups excluding carboxylic acids is 2. The predicted molar refractivity (Wildman–Crippen MR) is 84.4 cm³/mol. The summed E-state index contributed by atoms with van der Waals surface area (Å²) in [6.07, 6.45) is 5.93. The molecule has 1 aromatic rings. The predicted octanol–water partition coefficient (Wildman–Crippen LogP) is 2.97. The van der Waals surface area contributed by atoms with Crippen LogP contribution in [0.4, 0.5) is 0 Å². The van der Waals surface area contributed by atoms with Crippen LogP contribution in [0.25, 0.3) is 0 Å². The van der Waals surface area contributed by atoms with Crippen LogP contribution in [0.15, 0.2) is 22.7 Å². The molecule has 5 heteroatoms. The zero-order valence-electron chi connectivity index (χ0n) is 11.9. The first kappa shape index (κ1) is 14.7. The second kappa shape index (κ2) is 6.28. The van der Waals surface area contributed by atoms with E-state index in [4.69, 9.17) is 0 Å². The topological polar surface area (TPSA) is 49.4 Å². The Balaban J connectivity index is 1.55. The number of benzene rings is 1. The minimum atomic E-state index is -0.169. The van der Waals surface area contributed by atoms with Crippen LogP contribution in [0.5, 0.6) is 0 Å². The Kier molecular flexibility index (Phi) is 4.40. The van der Waals surface area contributed by atoms with E-state index in [2.05, 4.69) is 21.2 Å². The van der Waals surface area contributed by atoms with Gasteiger partial charge >= 0.3 is 0 Å². The van der Waals surface area contributed by atoms with Crippen molar-refractivity contribution in [1.82, 2.24) is 10.2 Å². The number of halogens is 1. The first-order valence-corrected chi connectivity index (χ1v) is 8.35. The second-order valence-electron chi connectivity index (χ2n) is 5.74. The van der Waals surface area contributed by atoms with Gasteiger partial charge in [0, 0.05) is 17.1 Å². The number of rotatable bonds is 5. The molecule has 1 aromatic carbocycles. The Morgan fingerprint density at radius 2 is 1.86 bits per heavy atom. The zero-order chi connectivity index (χ0) is 14.8. The fourth-order valence-corrected chi connectivity index (χ4v) is 3.50. The number of hydrogen-bond donors (Lipinski definition) is 1.